The lowest BCUT2D eigenvalue weighted by atomic mass is 9.94. The van der Waals surface area contributed by atoms with E-state index >= 15 is 0 Å². The fraction of sp³-hybridized carbons (Fsp3) is 0.190. The summed E-state index contributed by atoms with van der Waals surface area (Å²) in [6, 6.07) is 5.56. The highest BCUT2D eigenvalue weighted by molar-refractivity contribution is 6.32. The quantitative estimate of drug-likeness (QED) is 0.492. The number of nitriles is 1. The Morgan fingerprint density at radius 1 is 1.23 bits per heavy atom. The molecular formula is C21H18ClN7O. The number of nitrogens with zero attached hydrogens (tertiary/aromatic N) is 5. The van der Waals surface area contributed by atoms with Gasteiger partial charge in [0.1, 0.15) is 23.7 Å². The predicted molar refractivity (Wildman–Crippen MR) is 114 cm³/mol. The third-order valence-electron chi connectivity index (χ3n) is 4.90. The number of hydrogen-bond donors (Lipinski definition) is 2. The first-order chi connectivity index (χ1) is 14.5. The van der Waals surface area contributed by atoms with Crippen LogP contribution in [-0.2, 0) is 0 Å². The Balaban J connectivity index is 1.83. The summed E-state index contributed by atoms with van der Waals surface area (Å²) in [5.41, 5.74) is 5.00. The van der Waals surface area contributed by atoms with Crippen LogP contribution in [0.2, 0.25) is 5.02 Å². The van der Waals surface area contributed by atoms with Gasteiger partial charge in [0.05, 0.1) is 25.0 Å². The zero-order valence-electron chi connectivity index (χ0n) is 16.6. The highest BCUT2D eigenvalue weighted by atomic mass is 35.5. The van der Waals surface area contributed by atoms with E-state index in [2.05, 4.69) is 36.3 Å². The smallest absolute Gasteiger partial charge is 0.162 e. The molecule has 0 fully saturated rings. The first kappa shape index (κ1) is 19.6. The number of methoxy groups -OCH3 is 1. The number of fused-ring (bicyclic) bond motifs is 1. The van der Waals surface area contributed by atoms with E-state index in [4.69, 9.17) is 16.3 Å². The lowest BCUT2D eigenvalue weighted by Gasteiger charge is -2.22. The molecule has 0 aliphatic heterocycles. The van der Waals surface area contributed by atoms with Crippen LogP contribution in [-0.4, -0.2) is 32.0 Å². The van der Waals surface area contributed by atoms with Crippen molar-refractivity contribution in [3.05, 3.63) is 58.9 Å². The van der Waals surface area contributed by atoms with Crippen LogP contribution in [0.5, 0.6) is 5.75 Å². The van der Waals surface area contributed by atoms with Gasteiger partial charge in [-0.25, -0.2) is 15.0 Å². The van der Waals surface area contributed by atoms with Gasteiger partial charge >= 0.3 is 0 Å². The molecule has 0 amide bonds. The summed E-state index contributed by atoms with van der Waals surface area (Å²) < 4.78 is 5.81. The molecular weight excluding hydrogens is 402 g/mol. The average Bonchev–Trinajstić information content (AvgIpc) is 3.25. The molecule has 0 spiro atoms. The van der Waals surface area contributed by atoms with Gasteiger partial charge in [0, 0.05) is 34.1 Å². The van der Waals surface area contributed by atoms with Crippen LogP contribution >= 0.6 is 11.6 Å². The Labute approximate surface area is 177 Å². The Morgan fingerprint density at radius 2 is 2.07 bits per heavy atom. The standard InChI is InChI=1S/C21H18ClN7O/c1-11-16(22)5-15(12(2)29-21-18-20(26-9-25-18)27-10-28-21)19(30-3)17(11)14-4-13(6-23)7-24-8-14/h4-5,7-10,12H,1-3H3,(H2,25,26,27,28,29). The van der Waals surface area contributed by atoms with Gasteiger partial charge < -0.3 is 15.0 Å². The van der Waals surface area contributed by atoms with E-state index in [0.29, 0.717) is 33.3 Å². The summed E-state index contributed by atoms with van der Waals surface area (Å²) in [6.45, 7) is 3.90. The third kappa shape index (κ3) is 3.40. The van der Waals surface area contributed by atoms with Crippen molar-refractivity contribution in [1.29, 1.82) is 5.26 Å². The van der Waals surface area contributed by atoms with Crippen LogP contribution in [0.15, 0.2) is 37.2 Å². The number of rotatable bonds is 5. The summed E-state index contributed by atoms with van der Waals surface area (Å²) in [4.78, 5) is 19.9. The molecule has 1 aromatic carbocycles. The van der Waals surface area contributed by atoms with Crippen LogP contribution in [0.25, 0.3) is 22.3 Å². The van der Waals surface area contributed by atoms with Crippen molar-refractivity contribution in [2.45, 2.75) is 19.9 Å². The molecule has 0 radical (unpaired) electrons. The van der Waals surface area contributed by atoms with Crippen molar-refractivity contribution in [1.82, 2.24) is 24.9 Å². The van der Waals surface area contributed by atoms with E-state index < -0.39 is 0 Å². The number of halogens is 1. The summed E-state index contributed by atoms with van der Waals surface area (Å²) in [6.07, 6.45) is 6.26. The molecule has 0 saturated heterocycles. The minimum atomic E-state index is -0.210. The molecule has 4 rings (SSSR count). The van der Waals surface area contributed by atoms with Gasteiger partial charge in [0.2, 0.25) is 0 Å². The topological polar surface area (TPSA) is 112 Å². The molecule has 3 heterocycles. The largest absolute Gasteiger partial charge is 0.496 e. The van der Waals surface area contributed by atoms with Gasteiger partial charge in [-0.15, -0.1) is 0 Å². The maximum atomic E-state index is 9.26. The summed E-state index contributed by atoms with van der Waals surface area (Å²) in [5.74, 6) is 1.25. The van der Waals surface area contributed by atoms with Gasteiger partial charge in [-0.2, -0.15) is 5.26 Å². The second-order valence-corrected chi connectivity index (χ2v) is 7.15. The van der Waals surface area contributed by atoms with Crippen LogP contribution in [0, 0.1) is 18.3 Å². The van der Waals surface area contributed by atoms with Gasteiger partial charge in [-0.05, 0) is 31.5 Å². The van der Waals surface area contributed by atoms with E-state index in [1.54, 1.807) is 25.7 Å². The molecule has 9 heteroatoms. The zero-order chi connectivity index (χ0) is 21.3. The van der Waals surface area contributed by atoms with Crippen molar-refractivity contribution in [2.24, 2.45) is 0 Å². The van der Waals surface area contributed by atoms with Gasteiger partial charge in [-0.1, -0.05) is 11.6 Å². The first-order valence-electron chi connectivity index (χ1n) is 9.16. The number of ether oxygens (including phenoxy) is 1. The maximum absolute atomic E-state index is 9.26. The first-order valence-corrected chi connectivity index (χ1v) is 9.54. The number of imidazole rings is 1. The zero-order valence-corrected chi connectivity index (χ0v) is 17.3. The van der Waals surface area contributed by atoms with Crippen LogP contribution in [0.4, 0.5) is 5.82 Å². The van der Waals surface area contributed by atoms with E-state index in [9.17, 15) is 5.26 Å². The molecule has 0 aliphatic carbocycles. The highest BCUT2D eigenvalue weighted by Gasteiger charge is 2.22. The number of hydrogen-bond acceptors (Lipinski definition) is 7. The number of pyridine rings is 1. The number of aromatic amines is 1. The lowest BCUT2D eigenvalue weighted by Crippen LogP contribution is -2.11. The van der Waals surface area contributed by atoms with Crippen LogP contribution in [0.1, 0.15) is 29.7 Å². The maximum Gasteiger partial charge on any atom is 0.162 e. The minimum Gasteiger partial charge on any atom is -0.496 e. The molecule has 0 aliphatic rings. The third-order valence-corrected chi connectivity index (χ3v) is 5.29. The Morgan fingerprint density at radius 3 is 2.83 bits per heavy atom. The molecule has 150 valence electrons. The van der Waals surface area contributed by atoms with Crippen molar-refractivity contribution < 1.29 is 4.74 Å². The average molecular weight is 420 g/mol. The summed E-state index contributed by atoms with van der Waals surface area (Å²) in [7, 11) is 1.61. The molecule has 2 N–H and O–H groups in total. The van der Waals surface area contributed by atoms with Crippen LogP contribution < -0.4 is 10.1 Å². The Bertz CT molecular complexity index is 1280. The highest BCUT2D eigenvalue weighted by Crippen LogP contribution is 2.42. The van der Waals surface area contributed by atoms with Gasteiger partial charge in [0.25, 0.3) is 0 Å². The number of anilines is 1. The predicted octanol–water partition coefficient (Wildman–Crippen LogP) is 4.43. The number of H-pyrrole nitrogens is 1. The van der Waals surface area contributed by atoms with Gasteiger partial charge in [-0.3, -0.25) is 4.98 Å². The fourth-order valence-electron chi connectivity index (χ4n) is 3.42. The summed E-state index contributed by atoms with van der Waals surface area (Å²) >= 11 is 6.58. The summed E-state index contributed by atoms with van der Waals surface area (Å²) in [5, 5.41) is 13.2. The second kappa shape index (κ2) is 7.97. The van der Waals surface area contributed by atoms with Crippen molar-refractivity contribution in [3.8, 4) is 22.9 Å². The number of aromatic nitrogens is 5. The molecule has 0 saturated carbocycles. The molecule has 1 atom stereocenters. The molecule has 8 nitrogen and oxygen atoms in total. The van der Waals surface area contributed by atoms with E-state index in [1.165, 1.54) is 12.5 Å². The van der Waals surface area contributed by atoms with E-state index in [1.807, 2.05) is 19.9 Å². The van der Waals surface area contributed by atoms with Crippen LogP contribution in [0.3, 0.4) is 0 Å². The van der Waals surface area contributed by atoms with Crippen molar-refractivity contribution >= 4 is 28.6 Å². The van der Waals surface area contributed by atoms with Crippen molar-refractivity contribution in [3.63, 3.8) is 0 Å². The Hall–Kier alpha value is -3.70. The molecule has 30 heavy (non-hydrogen) atoms. The minimum absolute atomic E-state index is 0.210. The molecule has 4 aromatic rings. The van der Waals surface area contributed by atoms with Gasteiger partial charge in [0.15, 0.2) is 11.5 Å². The number of nitrogens with one attached hydrogen (secondary N) is 2. The van der Waals surface area contributed by atoms with Crippen molar-refractivity contribution in [2.75, 3.05) is 12.4 Å². The molecule has 1 unspecified atom stereocenters. The fourth-order valence-corrected chi connectivity index (χ4v) is 3.64. The Kier molecular flexibility index (Phi) is 5.21. The lowest BCUT2D eigenvalue weighted by molar-refractivity contribution is 0.409. The van der Waals surface area contributed by atoms with E-state index in [0.717, 1.165) is 22.3 Å². The molecule has 0 bridgehead atoms. The van der Waals surface area contributed by atoms with E-state index in [-0.39, 0.29) is 6.04 Å². The SMILES string of the molecule is COc1c(C(C)Nc2ncnc3[nH]cnc23)cc(Cl)c(C)c1-c1cncc(C#N)c1. The monoisotopic (exact) mass is 419 g/mol. The normalized spacial score (nSPS) is 11.8. The molecule has 3 aromatic heterocycles. The number of benzene rings is 1. The second-order valence-electron chi connectivity index (χ2n) is 6.74.